The van der Waals surface area contributed by atoms with Crippen LogP contribution in [0.2, 0.25) is 0 Å². The molecule has 0 radical (unpaired) electrons. The minimum atomic E-state index is -0.426. The highest BCUT2D eigenvalue weighted by Gasteiger charge is 2.40. The van der Waals surface area contributed by atoms with Gasteiger partial charge in [0.05, 0.1) is 13.2 Å². The summed E-state index contributed by atoms with van der Waals surface area (Å²) in [4.78, 5) is 12.1. The molecule has 28 heavy (non-hydrogen) atoms. The summed E-state index contributed by atoms with van der Waals surface area (Å²) in [5, 5.41) is 0. The molecule has 3 nitrogen and oxygen atoms in total. The summed E-state index contributed by atoms with van der Waals surface area (Å²) in [5.74, 6) is 0.318. The molecule has 0 bridgehead atoms. The summed E-state index contributed by atoms with van der Waals surface area (Å²) in [6, 6.07) is 10.2. The van der Waals surface area contributed by atoms with Crippen LogP contribution in [-0.4, -0.2) is 18.2 Å². The van der Waals surface area contributed by atoms with Crippen molar-refractivity contribution in [2.45, 2.75) is 103 Å². The van der Waals surface area contributed by atoms with E-state index in [4.69, 9.17) is 9.47 Å². The number of hydrogen-bond donors (Lipinski definition) is 0. The SMILES string of the molecule is CCCCCCCCCCC[C@]1(COCc2ccccc2)C[C@@H](C)CC(=O)O1. The maximum Gasteiger partial charge on any atom is 0.306 e. The molecule has 2 rings (SSSR count). The van der Waals surface area contributed by atoms with Gasteiger partial charge in [-0.05, 0) is 30.7 Å². The molecule has 1 aromatic carbocycles. The van der Waals surface area contributed by atoms with E-state index in [1.54, 1.807) is 0 Å². The van der Waals surface area contributed by atoms with Crippen molar-refractivity contribution in [1.29, 1.82) is 0 Å². The van der Waals surface area contributed by atoms with E-state index >= 15 is 0 Å². The monoisotopic (exact) mass is 388 g/mol. The number of benzene rings is 1. The molecule has 158 valence electrons. The number of unbranched alkanes of at least 4 members (excludes halogenated alkanes) is 8. The Labute approximate surface area is 172 Å². The second-order valence-corrected chi connectivity index (χ2v) is 8.73. The van der Waals surface area contributed by atoms with E-state index in [0.29, 0.717) is 25.6 Å². The molecule has 1 fully saturated rings. The highest BCUT2D eigenvalue weighted by atomic mass is 16.6. The van der Waals surface area contributed by atoms with Crippen LogP contribution < -0.4 is 0 Å². The fourth-order valence-corrected chi connectivity index (χ4v) is 4.32. The first-order valence-electron chi connectivity index (χ1n) is 11.5. The van der Waals surface area contributed by atoms with Crippen LogP contribution in [0, 0.1) is 5.92 Å². The van der Waals surface area contributed by atoms with Crippen LogP contribution in [0.5, 0.6) is 0 Å². The van der Waals surface area contributed by atoms with Crippen LogP contribution in [0.3, 0.4) is 0 Å². The Hall–Kier alpha value is -1.35. The number of rotatable bonds is 14. The van der Waals surface area contributed by atoms with Gasteiger partial charge in [0, 0.05) is 6.42 Å². The maximum absolute atomic E-state index is 12.1. The number of cyclic esters (lactones) is 1. The van der Waals surface area contributed by atoms with Gasteiger partial charge in [0.25, 0.3) is 0 Å². The lowest BCUT2D eigenvalue weighted by atomic mass is 9.83. The molecule has 0 N–H and O–H groups in total. The fourth-order valence-electron chi connectivity index (χ4n) is 4.32. The molecular formula is C25H40O3. The van der Waals surface area contributed by atoms with Gasteiger partial charge in [-0.15, -0.1) is 0 Å². The number of hydrogen-bond acceptors (Lipinski definition) is 3. The molecule has 1 heterocycles. The molecule has 0 aromatic heterocycles. The predicted molar refractivity (Wildman–Crippen MR) is 115 cm³/mol. The Bertz CT molecular complexity index is 542. The molecule has 0 unspecified atom stereocenters. The van der Waals surface area contributed by atoms with Crippen LogP contribution in [0.15, 0.2) is 30.3 Å². The summed E-state index contributed by atoms with van der Waals surface area (Å²) in [6.07, 6.45) is 14.1. The lowest BCUT2D eigenvalue weighted by Gasteiger charge is -2.39. The fraction of sp³-hybridized carbons (Fsp3) is 0.720. The van der Waals surface area contributed by atoms with Gasteiger partial charge in [0.15, 0.2) is 0 Å². The number of esters is 1. The van der Waals surface area contributed by atoms with Gasteiger partial charge in [-0.1, -0.05) is 95.5 Å². The zero-order chi connectivity index (χ0) is 20.1. The molecular weight excluding hydrogens is 348 g/mol. The lowest BCUT2D eigenvalue weighted by molar-refractivity contribution is -0.182. The van der Waals surface area contributed by atoms with Gasteiger partial charge >= 0.3 is 5.97 Å². The molecule has 0 amide bonds. The van der Waals surface area contributed by atoms with Gasteiger partial charge in [-0.2, -0.15) is 0 Å². The molecule has 1 aliphatic heterocycles. The topological polar surface area (TPSA) is 35.5 Å². The van der Waals surface area contributed by atoms with Gasteiger partial charge in [0.2, 0.25) is 0 Å². The Kier molecular flexibility index (Phi) is 10.6. The summed E-state index contributed by atoms with van der Waals surface area (Å²) in [5.41, 5.74) is 0.737. The molecule has 2 atom stereocenters. The summed E-state index contributed by atoms with van der Waals surface area (Å²) in [7, 11) is 0. The van der Waals surface area contributed by atoms with Crippen LogP contribution in [0.1, 0.15) is 96.5 Å². The van der Waals surface area contributed by atoms with Crippen LogP contribution in [0.25, 0.3) is 0 Å². The number of ether oxygens (including phenoxy) is 2. The smallest absolute Gasteiger partial charge is 0.306 e. The van der Waals surface area contributed by atoms with Crippen LogP contribution in [0.4, 0.5) is 0 Å². The van der Waals surface area contributed by atoms with Crippen molar-refractivity contribution >= 4 is 5.97 Å². The molecule has 1 saturated heterocycles. The summed E-state index contributed by atoms with van der Waals surface area (Å²) >= 11 is 0. The van der Waals surface area contributed by atoms with Gasteiger partial charge in [0.1, 0.15) is 5.60 Å². The second kappa shape index (κ2) is 13.0. The molecule has 1 aromatic rings. The Morgan fingerprint density at radius 2 is 1.64 bits per heavy atom. The van der Waals surface area contributed by atoms with E-state index in [2.05, 4.69) is 26.0 Å². The van der Waals surface area contributed by atoms with Crippen molar-refractivity contribution in [2.24, 2.45) is 5.92 Å². The van der Waals surface area contributed by atoms with Crippen molar-refractivity contribution in [3.05, 3.63) is 35.9 Å². The molecule has 1 aliphatic rings. The van der Waals surface area contributed by atoms with Gasteiger partial charge < -0.3 is 9.47 Å². The minimum absolute atomic E-state index is 0.0574. The first-order valence-corrected chi connectivity index (χ1v) is 11.5. The summed E-state index contributed by atoms with van der Waals surface area (Å²) < 4.78 is 11.9. The molecule has 0 saturated carbocycles. The van der Waals surface area contributed by atoms with Gasteiger partial charge in [-0.25, -0.2) is 0 Å². The average Bonchev–Trinajstić information content (AvgIpc) is 2.67. The molecule has 0 aliphatic carbocycles. The van der Waals surface area contributed by atoms with E-state index in [-0.39, 0.29) is 5.97 Å². The van der Waals surface area contributed by atoms with Gasteiger partial charge in [-0.3, -0.25) is 4.79 Å². The third-order valence-corrected chi connectivity index (χ3v) is 5.78. The largest absolute Gasteiger partial charge is 0.457 e. The zero-order valence-corrected chi connectivity index (χ0v) is 18.1. The number of carbonyl (C=O) groups is 1. The first kappa shape index (κ1) is 22.9. The van der Waals surface area contributed by atoms with Crippen LogP contribution >= 0.6 is 0 Å². The van der Waals surface area contributed by atoms with Crippen LogP contribution in [-0.2, 0) is 20.9 Å². The van der Waals surface area contributed by atoms with E-state index in [9.17, 15) is 4.79 Å². The van der Waals surface area contributed by atoms with E-state index < -0.39 is 5.60 Å². The van der Waals surface area contributed by atoms with Crippen molar-refractivity contribution in [2.75, 3.05) is 6.61 Å². The zero-order valence-electron chi connectivity index (χ0n) is 18.1. The predicted octanol–water partition coefficient (Wildman–Crippen LogP) is 6.84. The van der Waals surface area contributed by atoms with Crippen molar-refractivity contribution in [3.63, 3.8) is 0 Å². The van der Waals surface area contributed by atoms with E-state index in [1.807, 2.05) is 18.2 Å². The average molecular weight is 389 g/mol. The first-order chi connectivity index (χ1) is 13.6. The summed E-state index contributed by atoms with van der Waals surface area (Å²) in [6.45, 7) is 5.50. The standard InChI is InChI=1S/C25H40O3/c1-3-4-5-6-7-8-9-10-14-17-25(19-22(2)18-24(26)28-25)21-27-20-23-15-12-11-13-16-23/h11-13,15-16,22H,3-10,14,17-21H2,1-2H3/t22-,25+/m0/s1. The Balaban J connectivity index is 1.73. The normalized spacial score (nSPS) is 22.2. The number of carbonyl (C=O) groups excluding carboxylic acids is 1. The lowest BCUT2D eigenvalue weighted by Crippen LogP contribution is -2.45. The third-order valence-electron chi connectivity index (χ3n) is 5.78. The van der Waals surface area contributed by atoms with E-state index in [1.165, 1.54) is 51.4 Å². The minimum Gasteiger partial charge on any atom is -0.457 e. The maximum atomic E-state index is 12.1. The van der Waals surface area contributed by atoms with E-state index in [0.717, 1.165) is 24.8 Å². The highest BCUT2D eigenvalue weighted by Crippen LogP contribution is 2.35. The second-order valence-electron chi connectivity index (χ2n) is 8.73. The molecule has 0 spiro atoms. The molecule has 3 heteroatoms. The van der Waals surface area contributed by atoms with Crippen molar-refractivity contribution in [3.8, 4) is 0 Å². The van der Waals surface area contributed by atoms with Crippen molar-refractivity contribution in [1.82, 2.24) is 0 Å². The van der Waals surface area contributed by atoms with Crippen molar-refractivity contribution < 1.29 is 14.3 Å². The Morgan fingerprint density at radius 1 is 1.00 bits per heavy atom. The third kappa shape index (κ3) is 8.77. The quantitative estimate of drug-likeness (QED) is 0.259. The Morgan fingerprint density at radius 3 is 2.29 bits per heavy atom. The highest BCUT2D eigenvalue weighted by molar-refractivity contribution is 5.71.